The van der Waals surface area contributed by atoms with Crippen LogP contribution in [0.4, 0.5) is 11.5 Å². The molecule has 0 atom stereocenters. The van der Waals surface area contributed by atoms with Gasteiger partial charge >= 0.3 is 0 Å². The first-order valence-corrected chi connectivity index (χ1v) is 11.0. The summed E-state index contributed by atoms with van der Waals surface area (Å²) in [6.45, 7) is 1.95. The highest BCUT2D eigenvalue weighted by atomic mass is 32.2. The van der Waals surface area contributed by atoms with Gasteiger partial charge in [-0.15, -0.1) is 0 Å². The van der Waals surface area contributed by atoms with Gasteiger partial charge in [-0.3, -0.25) is 14.9 Å². The Morgan fingerprint density at radius 3 is 2.43 bits per heavy atom. The van der Waals surface area contributed by atoms with E-state index in [1.54, 1.807) is 4.68 Å². The van der Waals surface area contributed by atoms with E-state index in [1.807, 2.05) is 31.2 Å². The highest BCUT2D eigenvalue weighted by Crippen LogP contribution is 2.33. The van der Waals surface area contributed by atoms with E-state index in [0.717, 1.165) is 5.56 Å². The van der Waals surface area contributed by atoms with Gasteiger partial charge in [-0.2, -0.15) is 5.10 Å². The van der Waals surface area contributed by atoms with E-state index in [0.29, 0.717) is 28.3 Å². The first kappa shape index (κ1) is 19.8. The number of sulfone groups is 1. The molecule has 2 heterocycles. The first-order chi connectivity index (χ1) is 14.2. The molecule has 154 valence electrons. The Balaban J connectivity index is 1.63. The number of rotatable bonds is 5. The average Bonchev–Trinajstić information content (AvgIpc) is 3.15. The molecule has 0 fully saturated rings. The monoisotopic (exact) mass is 426 g/mol. The summed E-state index contributed by atoms with van der Waals surface area (Å²) < 4.78 is 25.6. The van der Waals surface area contributed by atoms with E-state index < -0.39 is 14.8 Å². The third-order valence-corrected chi connectivity index (χ3v) is 6.28. The van der Waals surface area contributed by atoms with Gasteiger partial charge in [0.1, 0.15) is 5.82 Å². The third kappa shape index (κ3) is 3.94. The Hall–Kier alpha value is -3.53. The van der Waals surface area contributed by atoms with Gasteiger partial charge in [-0.25, -0.2) is 13.1 Å². The molecule has 1 aliphatic rings. The number of nitro benzene ring substituents is 1. The van der Waals surface area contributed by atoms with Crippen molar-refractivity contribution in [3.8, 4) is 5.69 Å². The molecule has 9 nitrogen and oxygen atoms in total. The standard InChI is InChI=1S/C20H18N4O5S/c1-13-2-6-15(7-3-13)23-20(17-11-30(28,29)12-18(17)22-23)21-19(25)10-14-4-8-16(9-5-14)24(26)27/h2-9H,10-12H2,1H3,(H,21,25). The van der Waals surface area contributed by atoms with E-state index >= 15 is 0 Å². The number of benzene rings is 2. The average molecular weight is 426 g/mol. The quantitative estimate of drug-likeness (QED) is 0.494. The highest BCUT2D eigenvalue weighted by molar-refractivity contribution is 7.90. The maximum atomic E-state index is 12.7. The van der Waals surface area contributed by atoms with Crippen molar-refractivity contribution < 1.29 is 18.1 Å². The molecule has 1 amide bonds. The van der Waals surface area contributed by atoms with E-state index in [2.05, 4.69) is 10.4 Å². The summed E-state index contributed by atoms with van der Waals surface area (Å²) in [5.41, 5.74) is 3.24. The Kier molecular flexibility index (Phi) is 4.86. The van der Waals surface area contributed by atoms with Gasteiger partial charge < -0.3 is 5.32 Å². The molecule has 0 spiro atoms. The predicted molar refractivity (Wildman–Crippen MR) is 110 cm³/mol. The number of fused-ring (bicyclic) bond motifs is 1. The number of anilines is 1. The minimum atomic E-state index is -3.29. The maximum Gasteiger partial charge on any atom is 0.269 e. The van der Waals surface area contributed by atoms with E-state index in [1.165, 1.54) is 24.3 Å². The molecule has 30 heavy (non-hydrogen) atoms. The molecule has 1 N–H and O–H groups in total. The van der Waals surface area contributed by atoms with E-state index in [-0.39, 0.29) is 29.5 Å². The summed E-state index contributed by atoms with van der Waals surface area (Å²) in [7, 11) is -3.29. The van der Waals surface area contributed by atoms with Gasteiger partial charge in [0, 0.05) is 17.7 Å². The summed E-state index contributed by atoms with van der Waals surface area (Å²) in [5, 5.41) is 18.0. The van der Waals surface area contributed by atoms with E-state index in [9.17, 15) is 23.3 Å². The Morgan fingerprint density at radius 2 is 1.80 bits per heavy atom. The molecule has 4 rings (SSSR count). The Labute approximate surface area is 172 Å². The highest BCUT2D eigenvalue weighted by Gasteiger charge is 2.33. The minimum Gasteiger partial charge on any atom is -0.310 e. The van der Waals surface area contributed by atoms with Gasteiger partial charge in [-0.05, 0) is 24.6 Å². The number of nitro groups is 1. The lowest BCUT2D eigenvalue weighted by molar-refractivity contribution is -0.384. The fraction of sp³-hybridized carbons (Fsp3) is 0.200. The predicted octanol–water partition coefficient (Wildman–Crippen LogP) is 2.70. The molecule has 1 aromatic heterocycles. The number of hydrogen-bond donors (Lipinski definition) is 1. The Bertz CT molecular complexity index is 1250. The van der Waals surface area contributed by atoms with Crippen LogP contribution in [0, 0.1) is 17.0 Å². The molecule has 2 aromatic carbocycles. The van der Waals surface area contributed by atoms with Crippen molar-refractivity contribution in [2.45, 2.75) is 24.9 Å². The van der Waals surface area contributed by atoms with Crippen LogP contribution in [0.3, 0.4) is 0 Å². The zero-order chi connectivity index (χ0) is 21.5. The van der Waals surface area contributed by atoms with Crippen LogP contribution in [-0.4, -0.2) is 29.0 Å². The first-order valence-electron chi connectivity index (χ1n) is 9.13. The van der Waals surface area contributed by atoms with Crippen molar-refractivity contribution in [3.63, 3.8) is 0 Å². The fourth-order valence-corrected chi connectivity index (χ4v) is 4.83. The van der Waals surface area contributed by atoms with Crippen LogP contribution >= 0.6 is 0 Å². The molecule has 1 aliphatic heterocycles. The number of non-ortho nitro benzene ring substituents is 1. The molecular formula is C20H18N4O5S. The number of nitrogens with one attached hydrogen (secondary N) is 1. The number of carbonyl (C=O) groups is 1. The molecule has 0 radical (unpaired) electrons. The number of hydrogen-bond acceptors (Lipinski definition) is 6. The molecule has 0 aliphatic carbocycles. The van der Waals surface area contributed by atoms with Crippen LogP contribution in [0.1, 0.15) is 22.4 Å². The smallest absolute Gasteiger partial charge is 0.269 e. The summed E-state index contributed by atoms with van der Waals surface area (Å²) in [6.07, 6.45) is -0.0153. The number of amides is 1. The van der Waals surface area contributed by atoms with Crippen molar-refractivity contribution >= 4 is 27.2 Å². The van der Waals surface area contributed by atoms with Crippen molar-refractivity contribution in [2.75, 3.05) is 5.32 Å². The van der Waals surface area contributed by atoms with Crippen LogP contribution in [0.25, 0.3) is 5.69 Å². The zero-order valence-electron chi connectivity index (χ0n) is 16.0. The molecule has 0 saturated carbocycles. The zero-order valence-corrected chi connectivity index (χ0v) is 16.8. The third-order valence-electron chi connectivity index (χ3n) is 4.84. The number of nitrogens with zero attached hydrogens (tertiary/aromatic N) is 3. The summed E-state index contributed by atoms with van der Waals surface area (Å²) >= 11 is 0. The second kappa shape index (κ2) is 7.38. The molecule has 10 heteroatoms. The SMILES string of the molecule is Cc1ccc(-n2nc3c(c2NC(=O)Cc2ccc([N+](=O)[O-])cc2)CS(=O)(=O)C3)cc1. The lowest BCUT2D eigenvalue weighted by Crippen LogP contribution is -2.18. The number of aromatic nitrogens is 2. The molecule has 0 unspecified atom stereocenters. The maximum absolute atomic E-state index is 12.7. The van der Waals surface area contributed by atoms with Crippen LogP contribution in [0.15, 0.2) is 48.5 Å². The van der Waals surface area contributed by atoms with Crippen molar-refractivity contribution in [2.24, 2.45) is 0 Å². The second-order valence-electron chi connectivity index (χ2n) is 7.20. The van der Waals surface area contributed by atoms with Gasteiger partial charge in [0.2, 0.25) is 5.91 Å². The second-order valence-corrected chi connectivity index (χ2v) is 9.27. The van der Waals surface area contributed by atoms with Gasteiger partial charge in [0.25, 0.3) is 5.69 Å². The largest absolute Gasteiger partial charge is 0.310 e. The molecular weight excluding hydrogens is 408 g/mol. The van der Waals surface area contributed by atoms with Crippen LogP contribution in [-0.2, 0) is 32.6 Å². The molecule has 3 aromatic rings. The van der Waals surface area contributed by atoms with Gasteiger partial charge in [0.05, 0.1) is 34.2 Å². The molecule has 0 bridgehead atoms. The fourth-order valence-electron chi connectivity index (χ4n) is 3.34. The summed E-state index contributed by atoms with van der Waals surface area (Å²) in [6, 6.07) is 13.2. The molecule has 0 saturated heterocycles. The van der Waals surface area contributed by atoms with Crippen LogP contribution in [0.2, 0.25) is 0 Å². The van der Waals surface area contributed by atoms with Crippen LogP contribution < -0.4 is 5.32 Å². The number of carbonyl (C=O) groups excluding carboxylic acids is 1. The lowest BCUT2D eigenvalue weighted by atomic mass is 10.1. The van der Waals surface area contributed by atoms with Crippen molar-refractivity contribution in [1.29, 1.82) is 0 Å². The topological polar surface area (TPSA) is 124 Å². The minimum absolute atomic E-state index is 0.0153. The number of aryl methyl sites for hydroxylation is 1. The van der Waals surface area contributed by atoms with Gasteiger partial charge in [0.15, 0.2) is 9.84 Å². The Morgan fingerprint density at radius 1 is 1.13 bits per heavy atom. The van der Waals surface area contributed by atoms with Crippen molar-refractivity contribution in [3.05, 3.63) is 81.0 Å². The summed E-state index contributed by atoms with van der Waals surface area (Å²) in [5.74, 6) is -0.376. The summed E-state index contributed by atoms with van der Waals surface area (Å²) in [4.78, 5) is 22.9. The van der Waals surface area contributed by atoms with E-state index in [4.69, 9.17) is 0 Å². The van der Waals surface area contributed by atoms with Crippen molar-refractivity contribution in [1.82, 2.24) is 9.78 Å². The normalized spacial score (nSPS) is 14.3. The van der Waals surface area contributed by atoms with Crippen LogP contribution in [0.5, 0.6) is 0 Å². The van der Waals surface area contributed by atoms with Gasteiger partial charge in [-0.1, -0.05) is 29.8 Å². The lowest BCUT2D eigenvalue weighted by Gasteiger charge is -2.11.